The zero-order valence-electron chi connectivity index (χ0n) is 14.7. The third-order valence-corrected chi connectivity index (χ3v) is 4.23. The molecule has 0 aromatic carbocycles. The molecule has 0 N–H and O–H groups in total. The minimum Gasteiger partial charge on any atom is -0.459 e. The van der Waals surface area contributed by atoms with E-state index in [-0.39, 0.29) is 12.0 Å². The van der Waals surface area contributed by atoms with E-state index in [9.17, 15) is 9.59 Å². The predicted octanol–water partition coefficient (Wildman–Crippen LogP) is 2.20. The first kappa shape index (κ1) is 18.7. The molecule has 1 amide bonds. The number of nitrogens with zero attached hydrogens (tertiary/aromatic N) is 1. The van der Waals surface area contributed by atoms with Crippen LogP contribution in [0, 0.1) is 0 Å². The molecule has 1 spiro atoms. The fourth-order valence-electron chi connectivity index (χ4n) is 2.84. The Bertz CT molecular complexity index is 518. The van der Waals surface area contributed by atoms with E-state index in [1.165, 1.54) is 11.0 Å². The van der Waals surface area contributed by atoms with Crippen molar-refractivity contribution in [1.29, 1.82) is 0 Å². The maximum Gasteiger partial charge on any atom is 0.331 e. The number of amides is 1. The van der Waals surface area contributed by atoms with E-state index >= 15 is 0 Å². The summed E-state index contributed by atoms with van der Waals surface area (Å²) in [6.45, 7) is 3.05. The largest absolute Gasteiger partial charge is 0.459 e. The van der Waals surface area contributed by atoms with Crippen LogP contribution in [0.5, 0.6) is 0 Å². The molecule has 6 heteroatoms. The molecule has 134 valence electrons. The van der Waals surface area contributed by atoms with Gasteiger partial charge in [-0.1, -0.05) is 12.2 Å². The first-order valence-corrected chi connectivity index (χ1v) is 8.46. The maximum atomic E-state index is 11.9. The minimum absolute atomic E-state index is 0.0302. The predicted molar refractivity (Wildman–Crippen MR) is 89.2 cm³/mol. The monoisotopic (exact) mass is 337 g/mol. The normalized spacial score (nSPS) is 20.9. The molecular formula is C18H27NO5. The van der Waals surface area contributed by atoms with Crippen LogP contribution < -0.4 is 0 Å². The van der Waals surface area contributed by atoms with Crippen molar-refractivity contribution in [2.45, 2.75) is 50.9 Å². The van der Waals surface area contributed by atoms with Crippen molar-refractivity contribution in [1.82, 2.24) is 4.90 Å². The second-order valence-electron chi connectivity index (χ2n) is 6.51. The Kier molecular flexibility index (Phi) is 6.57. The molecule has 2 aliphatic rings. The van der Waals surface area contributed by atoms with Crippen LogP contribution in [0.15, 0.2) is 23.8 Å². The van der Waals surface area contributed by atoms with Crippen LogP contribution in [0.3, 0.4) is 0 Å². The van der Waals surface area contributed by atoms with Crippen molar-refractivity contribution in [3.05, 3.63) is 23.8 Å². The number of hydrogen-bond acceptors (Lipinski definition) is 5. The molecule has 1 fully saturated rings. The Morgan fingerprint density at radius 3 is 2.75 bits per heavy atom. The third-order valence-electron chi connectivity index (χ3n) is 4.23. The van der Waals surface area contributed by atoms with Crippen molar-refractivity contribution in [2.24, 2.45) is 0 Å². The van der Waals surface area contributed by atoms with Gasteiger partial charge in [0.2, 0.25) is 5.91 Å². The lowest BCUT2D eigenvalue weighted by molar-refractivity contribution is -0.162. The van der Waals surface area contributed by atoms with Gasteiger partial charge < -0.3 is 19.1 Å². The smallest absolute Gasteiger partial charge is 0.331 e. The van der Waals surface area contributed by atoms with Gasteiger partial charge in [-0.3, -0.25) is 4.79 Å². The molecule has 1 aliphatic carbocycles. The first-order valence-electron chi connectivity index (χ1n) is 8.46. The van der Waals surface area contributed by atoms with Crippen molar-refractivity contribution in [3.8, 4) is 0 Å². The van der Waals surface area contributed by atoms with E-state index in [1.807, 2.05) is 0 Å². The zero-order chi connectivity index (χ0) is 17.6. The van der Waals surface area contributed by atoms with E-state index in [0.717, 1.165) is 18.4 Å². The van der Waals surface area contributed by atoms with Crippen molar-refractivity contribution < 1.29 is 23.8 Å². The van der Waals surface area contributed by atoms with E-state index in [1.54, 1.807) is 27.1 Å². The van der Waals surface area contributed by atoms with Gasteiger partial charge in [-0.05, 0) is 25.3 Å². The molecule has 1 saturated heterocycles. The van der Waals surface area contributed by atoms with Crippen LogP contribution in [0.1, 0.15) is 39.0 Å². The van der Waals surface area contributed by atoms with Crippen molar-refractivity contribution in [2.75, 3.05) is 27.3 Å². The van der Waals surface area contributed by atoms with Gasteiger partial charge >= 0.3 is 5.97 Å². The molecule has 0 aromatic heterocycles. The fourth-order valence-corrected chi connectivity index (χ4v) is 2.84. The number of rotatable bonds is 6. The lowest BCUT2D eigenvalue weighted by Crippen LogP contribution is -2.32. The van der Waals surface area contributed by atoms with Crippen LogP contribution >= 0.6 is 0 Å². The molecular weight excluding hydrogens is 310 g/mol. The third kappa shape index (κ3) is 5.46. The van der Waals surface area contributed by atoms with Gasteiger partial charge in [0.15, 0.2) is 5.79 Å². The standard InChI is InChI=1S/C18H27NO5/c1-14(6-8-16(20)19(2)3)24-17(21)9-7-15-5-4-10-18(13-15)22-11-12-23-18/h5,7,9,14H,4,6,8,10-13H2,1-3H3/t14-/m1/s1. The number of hydrogen-bond donors (Lipinski definition) is 0. The second kappa shape index (κ2) is 8.44. The van der Waals surface area contributed by atoms with Gasteiger partial charge in [-0.2, -0.15) is 0 Å². The molecule has 1 aliphatic heterocycles. The van der Waals surface area contributed by atoms with Crippen LogP contribution in [0.4, 0.5) is 0 Å². The molecule has 2 rings (SSSR count). The highest BCUT2D eigenvalue weighted by Crippen LogP contribution is 2.36. The zero-order valence-corrected chi connectivity index (χ0v) is 14.7. The molecule has 0 unspecified atom stereocenters. The Morgan fingerprint density at radius 2 is 2.08 bits per heavy atom. The van der Waals surface area contributed by atoms with Crippen molar-refractivity contribution >= 4 is 11.9 Å². The lowest BCUT2D eigenvalue weighted by Gasteiger charge is -2.30. The number of esters is 1. The lowest BCUT2D eigenvalue weighted by atomic mass is 9.93. The van der Waals surface area contributed by atoms with Gasteiger partial charge in [0.25, 0.3) is 0 Å². The summed E-state index contributed by atoms with van der Waals surface area (Å²) in [4.78, 5) is 25.0. The summed E-state index contributed by atoms with van der Waals surface area (Å²) in [5, 5.41) is 0. The summed E-state index contributed by atoms with van der Waals surface area (Å²) >= 11 is 0. The summed E-state index contributed by atoms with van der Waals surface area (Å²) < 4.78 is 16.7. The van der Waals surface area contributed by atoms with E-state index in [2.05, 4.69) is 6.08 Å². The molecule has 1 heterocycles. The topological polar surface area (TPSA) is 65.1 Å². The van der Waals surface area contributed by atoms with Crippen LogP contribution in [0.2, 0.25) is 0 Å². The molecule has 6 nitrogen and oxygen atoms in total. The fraction of sp³-hybridized carbons (Fsp3) is 0.667. The van der Waals surface area contributed by atoms with E-state index in [4.69, 9.17) is 14.2 Å². The Labute approximate surface area is 143 Å². The second-order valence-corrected chi connectivity index (χ2v) is 6.51. The summed E-state index contributed by atoms with van der Waals surface area (Å²) in [5.74, 6) is -0.866. The average Bonchev–Trinajstić information content (AvgIpc) is 2.98. The highest BCUT2D eigenvalue weighted by atomic mass is 16.7. The highest BCUT2D eigenvalue weighted by molar-refractivity contribution is 5.82. The highest BCUT2D eigenvalue weighted by Gasteiger charge is 2.38. The summed E-state index contributed by atoms with van der Waals surface area (Å²) in [5.41, 5.74) is 1.02. The van der Waals surface area contributed by atoms with Gasteiger partial charge in [0.05, 0.1) is 19.3 Å². The van der Waals surface area contributed by atoms with Crippen molar-refractivity contribution in [3.63, 3.8) is 0 Å². The number of ether oxygens (including phenoxy) is 3. The molecule has 24 heavy (non-hydrogen) atoms. The van der Waals surface area contributed by atoms with E-state index in [0.29, 0.717) is 32.5 Å². The first-order chi connectivity index (χ1) is 11.4. The van der Waals surface area contributed by atoms with Crippen LogP contribution in [-0.4, -0.2) is 56.0 Å². The van der Waals surface area contributed by atoms with Gasteiger partial charge in [0.1, 0.15) is 0 Å². The van der Waals surface area contributed by atoms with Gasteiger partial charge in [-0.25, -0.2) is 4.79 Å². The maximum absolute atomic E-state index is 11.9. The Hall–Kier alpha value is -1.66. The Balaban J connectivity index is 1.76. The molecule has 0 aromatic rings. The summed E-state index contributed by atoms with van der Waals surface area (Å²) in [6.07, 6.45) is 8.28. The number of allylic oxidation sites excluding steroid dienone is 2. The number of carbonyl (C=O) groups is 2. The molecule has 1 atom stereocenters. The SMILES string of the molecule is C[C@H](CCC(=O)N(C)C)OC(=O)C=CC1=CCCC2(C1)OCCO2. The molecule has 0 saturated carbocycles. The average molecular weight is 337 g/mol. The van der Waals surface area contributed by atoms with E-state index < -0.39 is 11.8 Å². The summed E-state index contributed by atoms with van der Waals surface area (Å²) in [6, 6.07) is 0. The van der Waals surface area contributed by atoms with Gasteiger partial charge in [-0.15, -0.1) is 0 Å². The summed E-state index contributed by atoms with van der Waals surface area (Å²) in [7, 11) is 3.42. The van der Waals surface area contributed by atoms with Crippen LogP contribution in [-0.2, 0) is 23.8 Å². The minimum atomic E-state index is -0.502. The number of carbonyl (C=O) groups excluding carboxylic acids is 2. The quantitative estimate of drug-likeness (QED) is 0.549. The molecule has 0 bridgehead atoms. The molecule has 0 radical (unpaired) electrons. The van der Waals surface area contributed by atoms with Gasteiger partial charge in [0, 0.05) is 39.4 Å². The van der Waals surface area contributed by atoms with Crippen LogP contribution in [0.25, 0.3) is 0 Å². The Morgan fingerprint density at radius 1 is 1.38 bits per heavy atom.